The fourth-order valence-electron chi connectivity index (χ4n) is 3.00. The van der Waals surface area contributed by atoms with E-state index in [1.807, 2.05) is 6.07 Å². The van der Waals surface area contributed by atoms with Crippen LogP contribution >= 0.6 is 0 Å². The molecule has 1 aliphatic carbocycles. The van der Waals surface area contributed by atoms with Gasteiger partial charge in [-0.2, -0.15) is 0 Å². The first-order chi connectivity index (χ1) is 12.1. The Bertz CT molecular complexity index is 707. The van der Waals surface area contributed by atoms with E-state index in [0.717, 1.165) is 5.56 Å². The number of rotatable bonds is 7. The summed E-state index contributed by atoms with van der Waals surface area (Å²) in [6.45, 7) is 0.313. The molecule has 1 fully saturated rings. The number of carbonyl (C=O) groups excluding carboxylic acids is 1. The Hall–Kier alpha value is -2.38. The SMILES string of the molecule is COCc1ccc(C(=O)N[C@H](c2ccc(OC)nc2)C2CC(O)C2)o1. The molecule has 1 aliphatic rings. The Morgan fingerprint density at radius 2 is 2.16 bits per heavy atom. The molecule has 7 nitrogen and oxygen atoms in total. The maximum Gasteiger partial charge on any atom is 0.287 e. The average Bonchev–Trinajstić information content (AvgIpc) is 3.06. The van der Waals surface area contributed by atoms with Gasteiger partial charge in [0, 0.05) is 19.4 Å². The molecular formula is C18H22N2O5. The van der Waals surface area contributed by atoms with Crippen molar-refractivity contribution in [3.8, 4) is 5.88 Å². The number of aliphatic hydroxyl groups excluding tert-OH is 1. The normalized spacial score (nSPS) is 20.6. The van der Waals surface area contributed by atoms with Crippen LogP contribution in [0.15, 0.2) is 34.9 Å². The summed E-state index contributed by atoms with van der Waals surface area (Å²) in [4.78, 5) is 16.8. The number of carbonyl (C=O) groups is 1. The van der Waals surface area contributed by atoms with Gasteiger partial charge in [0.2, 0.25) is 5.88 Å². The molecular weight excluding hydrogens is 324 g/mol. The van der Waals surface area contributed by atoms with Crippen LogP contribution in [0.25, 0.3) is 0 Å². The van der Waals surface area contributed by atoms with Crippen molar-refractivity contribution in [2.75, 3.05) is 14.2 Å². The van der Waals surface area contributed by atoms with Gasteiger partial charge in [0.1, 0.15) is 12.4 Å². The van der Waals surface area contributed by atoms with Crippen molar-refractivity contribution < 1.29 is 23.8 Å². The largest absolute Gasteiger partial charge is 0.481 e. The second-order valence-corrected chi connectivity index (χ2v) is 6.17. The number of aromatic nitrogens is 1. The van der Waals surface area contributed by atoms with Crippen LogP contribution in [-0.2, 0) is 11.3 Å². The third-order valence-electron chi connectivity index (χ3n) is 4.41. The maximum absolute atomic E-state index is 12.5. The topological polar surface area (TPSA) is 93.8 Å². The molecule has 0 saturated heterocycles. The molecule has 0 bridgehead atoms. The Kier molecular flexibility index (Phi) is 5.35. The van der Waals surface area contributed by atoms with E-state index < -0.39 is 0 Å². The van der Waals surface area contributed by atoms with E-state index in [1.54, 1.807) is 38.6 Å². The molecule has 2 heterocycles. The minimum Gasteiger partial charge on any atom is -0.481 e. The van der Waals surface area contributed by atoms with Gasteiger partial charge in [-0.15, -0.1) is 0 Å². The van der Waals surface area contributed by atoms with Crippen molar-refractivity contribution in [1.29, 1.82) is 0 Å². The highest BCUT2D eigenvalue weighted by molar-refractivity contribution is 5.91. The van der Waals surface area contributed by atoms with Gasteiger partial charge in [-0.25, -0.2) is 4.98 Å². The van der Waals surface area contributed by atoms with Crippen LogP contribution in [0.5, 0.6) is 5.88 Å². The van der Waals surface area contributed by atoms with Crippen LogP contribution in [0.3, 0.4) is 0 Å². The molecule has 1 saturated carbocycles. The number of furan rings is 1. The van der Waals surface area contributed by atoms with Crippen molar-refractivity contribution in [3.63, 3.8) is 0 Å². The van der Waals surface area contributed by atoms with Gasteiger partial charge in [-0.1, -0.05) is 6.07 Å². The van der Waals surface area contributed by atoms with E-state index in [4.69, 9.17) is 13.9 Å². The second-order valence-electron chi connectivity index (χ2n) is 6.17. The first-order valence-electron chi connectivity index (χ1n) is 8.17. The number of nitrogens with zero attached hydrogens (tertiary/aromatic N) is 1. The van der Waals surface area contributed by atoms with E-state index in [-0.39, 0.29) is 29.7 Å². The Balaban J connectivity index is 1.75. The van der Waals surface area contributed by atoms with E-state index in [0.29, 0.717) is 31.1 Å². The van der Waals surface area contributed by atoms with Gasteiger partial charge < -0.3 is 24.3 Å². The van der Waals surface area contributed by atoms with Crippen LogP contribution in [0.1, 0.15) is 40.8 Å². The van der Waals surface area contributed by atoms with Crippen LogP contribution in [0.2, 0.25) is 0 Å². The molecule has 134 valence electrons. The van der Waals surface area contributed by atoms with E-state index >= 15 is 0 Å². The lowest BCUT2D eigenvalue weighted by Crippen LogP contribution is -2.41. The van der Waals surface area contributed by atoms with Crippen LogP contribution in [0.4, 0.5) is 0 Å². The van der Waals surface area contributed by atoms with Crippen LogP contribution < -0.4 is 10.1 Å². The van der Waals surface area contributed by atoms with E-state index in [9.17, 15) is 9.90 Å². The maximum atomic E-state index is 12.5. The van der Waals surface area contributed by atoms with Gasteiger partial charge in [0.15, 0.2) is 5.76 Å². The second kappa shape index (κ2) is 7.67. The van der Waals surface area contributed by atoms with Crippen molar-refractivity contribution in [1.82, 2.24) is 10.3 Å². The summed E-state index contributed by atoms with van der Waals surface area (Å²) in [7, 11) is 3.12. The summed E-state index contributed by atoms with van der Waals surface area (Å²) < 4.78 is 15.6. The standard InChI is InChI=1S/C18H22N2O5/c1-23-10-14-4-5-15(25-14)18(22)20-17(12-7-13(21)8-12)11-3-6-16(24-2)19-9-11/h3-6,9,12-13,17,21H,7-8,10H2,1-2H3,(H,20,22)/t12?,13?,17-/m1/s1. The lowest BCUT2D eigenvalue weighted by Gasteiger charge is -2.38. The molecule has 3 rings (SSSR count). The number of hydrogen-bond donors (Lipinski definition) is 2. The average molecular weight is 346 g/mol. The number of nitrogens with one attached hydrogen (secondary N) is 1. The molecule has 0 aliphatic heterocycles. The third-order valence-corrected chi connectivity index (χ3v) is 4.41. The molecule has 0 unspecified atom stereocenters. The van der Waals surface area contributed by atoms with Crippen LogP contribution in [-0.4, -0.2) is 36.3 Å². The smallest absolute Gasteiger partial charge is 0.287 e. The summed E-state index contributed by atoms with van der Waals surface area (Å²) in [6.07, 6.45) is 2.66. The van der Waals surface area contributed by atoms with Crippen molar-refractivity contribution >= 4 is 5.91 Å². The number of amides is 1. The molecule has 0 radical (unpaired) electrons. The van der Waals surface area contributed by atoms with Crippen molar-refractivity contribution in [3.05, 3.63) is 47.5 Å². The minimum absolute atomic E-state index is 0.155. The van der Waals surface area contributed by atoms with Gasteiger partial charge in [-0.05, 0) is 36.5 Å². The highest BCUT2D eigenvalue weighted by Gasteiger charge is 2.36. The molecule has 0 spiro atoms. The first kappa shape index (κ1) is 17.4. The minimum atomic E-state index is -0.312. The number of ether oxygens (including phenoxy) is 2. The number of hydrogen-bond acceptors (Lipinski definition) is 6. The molecule has 2 aromatic rings. The Labute approximate surface area is 146 Å². The monoisotopic (exact) mass is 346 g/mol. The lowest BCUT2D eigenvalue weighted by molar-refractivity contribution is 0.0231. The predicted octanol–water partition coefficient (Wildman–Crippen LogP) is 2.07. The van der Waals surface area contributed by atoms with Gasteiger partial charge in [-0.3, -0.25) is 4.79 Å². The summed E-state index contributed by atoms with van der Waals surface area (Å²) in [5.74, 6) is 1.19. The molecule has 1 amide bonds. The highest BCUT2D eigenvalue weighted by atomic mass is 16.5. The molecule has 25 heavy (non-hydrogen) atoms. The highest BCUT2D eigenvalue weighted by Crippen LogP contribution is 2.38. The molecule has 7 heteroatoms. The number of methoxy groups -OCH3 is 2. The quantitative estimate of drug-likeness (QED) is 0.797. The Morgan fingerprint density at radius 3 is 2.76 bits per heavy atom. The molecule has 2 aromatic heterocycles. The zero-order valence-corrected chi connectivity index (χ0v) is 14.3. The molecule has 0 aromatic carbocycles. The van der Waals surface area contributed by atoms with E-state index in [2.05, 4.69) is 10.3 Å². The number of aliphatic hydroxyl groups is 1. The fourth-order valence-corrected chi connectivity index (χ4v) is 3.00. The molecule has 2 N–H and O–H groups in total. The summed E-state index contributed by atoms with van der Waals surface area (Å²) >= 11 is 0. The lowest BCUT2D eigenvalue weighted by atomic mass is 9.75. The summed E-state index contributed by atoms with van der Waals surface area (Å²) in [5, 5.41) is 12.6. The predicted molar refractivity (Wildman–Crippen MR) is 89.1 cm³/mol. The van der Waals surface area contributed by atoms with Gasteiger partial charge >= 0.3 is 0 Å². The molecule has 1 atom stereocenters. The summed E-state index contributed by atoms with van der Waals surface area (Å²) in [5.41, 5.74) is 0.870. The van der Waals surface area contributed by atoms with Crippen molar-refractivity contribution in [2.45, 2.75) is 31.6 Å². The Morgan fingerprint density at radius 1 is 1.36 bits per heavy atom. The van der Waals surface area contributed by atoms with Crippen molar-refractivity contribution in [2.24, 2.45) is 5.92 Å². The van der Waals surface area contributed by atoms with Gasteiger partial charge in [0.05, 0.1) is 19.3 Å². The third kappa shape index (κ3) is 4.00. The fraction of sp³-hybridized carbons (Fsp3) is 0.444. The first-order valence-corrected chi connectivity index (χ1v) is 8.17. The van der Waals surface area contributed by atoms with Crippen LogP contribution in [0, 0.1) is 5.92 Å². The van der Waals surface area contributed by atoms with E-state index in [1.165, 1.54) is 0 Å². The zero-order chi connectivity index (χ0) is 17.8. The summed E-state index contributed by atoms with van der Waals surface area (Å²) in [6, 6.07) is 6.73. The zero-order valence-electron chi connectivity index (χ0n) is 14.3. The van der Waals surface area contributed by atoms with Gasteiger partial charge in [0.25, 0.3) is 5.91 Å². The number of pyridine rings is 1.